The first-order valence-corrected chi connectivity index (χ1v) is 8.30. The lowest BCUT2D eigenvalue weighted by Crippen LogP contribution is -2.41. The number of hydrogen-bond donors (Lipinski definition) is 1. The van der Waals surface area contributed by atoms with Gasteiger partial charge in [-0.05, 0) is 50.2 Å². The van der Waals surface area contributed by atoms with Gasteiger partial charge in [-0.3, -0.25) is 4.79 Å². The number of anilines is 1. The summed E-state index contributed by atoms with van der Waals surface area (Å²) in [7, 11) is 0. The van der Waals surface area contributed by atoms with E-state index in [2.05, 4.69) is 5.32 Å². The molecule has 0 aromatic heterocycles. The Labute approximate surface area is 160 Å². The van der Waals surface area contributed by atoms with Gasteiger partial charge in [0, 0.05) is 0 Å². The summed E-state index contributed by atoms with van der Waals surface area (Å²) in [5, 5.41) is 3.00. The summed E-state index contributed by atoms with van der Waals surface area (Å²) in [5.74, 6) is -1.50. The number of rotatable bonds is 6. The van der Waals surface area contributed by atoms with Gasteiger partial charge in [0.15, 0.2) is 12.2 Å². The zero-order valence-corrected chi connectivity index (χ0v) is 15.5. The molecule has 2 aromatic rings. The van der Waals surface area contributed by atoms with Crippen molar-refractivity contribution >= 4 is 40.8 Å². The SMILES string of the molecule is CC(C)(Oc1ccc(F)cc1)C(=O)OCC(=O)Nc1c(Cl)cccc1Cl. The molecule has 0 unspecified atom stereocenters. The number of carbonyl (C=O) groups excluding carboxylic acids is 2. The standard InChI is InChI=1S/C18H16Cl2FNO4/c1-18(2,26-12-8-6-11(21)7-9-12)17(24)25-10-15(23)22-16-13(19)4-3-5-14(16)20/h3-9H,10H2,1-2H3,(H,22,23). The summed E-state index contributed by atoms with van der Waals surface area (Å²) in [4.78, 5) is 24.1. The molecule has 0 spiro atoms. The number of carbonyl (C=O) groups is 2. The fourth-order valence-corrected chi connectivity index (χ4v) is 2.43. The quantitative estimate of drug-likeness (QED) is 0.727. The molecule has 26 heavy (non-hydrogen) atoms. The van der Waals surface area contributed by atoms with Gasteiger partial charge in [-0.15, -0.1) is 0 Å². The van der Waals surface area contributed by atoms with Crippen LogP contribution in [-0.2, 0) is 14.3 Å². The molecule has 0 aliphatic heterocycles. The van der Waals surface area contributed by atoms with Gasteiger partial charge in [-0.2, -0.15) is 0 Å². The van der Waals surface area contributed by atoms with E-state index >= 15 is 0 Å². The molecular weight excluding hydrogens is 384 g/mol. The zero-order valence-electron chi connectivity index (χ0n) is 14.0. The van der Waals surface area contributed by atoms with E-state index in [9.17, 15) is 14.0 Å². The molecule has 0 radical (unpaired) electrons. The molecular formula is C18H16Cl2FNO4. The maximum Gasteiger partial charge on any atom is 0.350 e. The molecule has 1 N–H and O–H groups in total. The van der Waals surface area contributed by atoms with Gasteiger partial charge in [-0.25, -0.2) is 9.18 Å². The molecule has 0 aliphatic carbocycles. The van der Waals surface area contributed by atoms with Crippen molar-refractivity contribution in [2.24, 2.45) is 0 Å². The number of hydrogen-bond acceptors (Lipinski definition) is 4. The van der Waals surface area contributed by atoms with Crippen LogP contribution in [-0.4, -0.2) is 24.1 Å². The molecule has 8 heteroatoms. The van der Waals surface area contributed by atoms with E-state index in [1.807, 2.05) is 0 Å². The number of benzene rings is 2. The first kappa shape index (κ1) is 20.0. The van der Waals surface area contributed by atoms with Gasteiger partial charge in [-0.1, -0.05) is 29.3 Å². The topological polar surface area (TPSA) is 64.6 Å². The number of halogens is 3. The first-order chi connectivity index (χ1) is 12.2. The molecule has 2 rings (SSSR count). The second-order valence-electron chi connectivity index (χ2n) is 5.79. The highest BCUT2D eigenvalue weighted by molar-refractivity contribution is 6.39. The van der Waals surface area contributed by atoms with Crippen molar-refractivity contribution in [2.45, 2.75) is 19.4 Å². The molecule has 0 saturated carbocycles. The van der Waals surface area contributed by atoms with Crippen LogP contribution in [0.4, 0.5) is 10.1 Å². The van der Waals surface area contributed by atoms with E-state index in [1.54, 1.807) is 18.2 Å². The smallest absolute Gasteiger partial charge is 0.350 e. The number of para-hydroxylation sites is 1. The largest absolute Gasteiger partial charge is 0.476 e. The van der Waals surface area contributed by atoms with E-state index in [-0.39, 0.29) is 15.7 Å². The molecule has 1 amide bonds. The van der Waals surface area contributed by atoms with Crippen LogP contribution in [0.5, 0.6) is 5.75 Å². The third kappa shape index (κ3) is 5.34. The average molecular weight is 400 g/mol. The lowest BCUT2D eigenvalue weighted by Gasteiger charge is -2.24. The molecule has 5 nitrogen and oxygen atoms in total. The van der Waals surface area contributed by atoms with Crippen LogP contribution in [0.1, 0.15) is 13.8 Å². The Hall–Kier alpha value is -2.31. The van der Waals surface area contributed by atoms with Crippen LogP contribution in [0, 0.1) is 5.82 Å². The monoisotopic (exact) mass is 399 g/mol. The summed E-state index contributed by atoms with van der Waals surface area (Å²) < 4.78 is 23.4. The molecule has 0 atom stereocenters. The van der Waals surface area contributed by atoms with Crippen LogP contribution in [0.25, 0.3) is 0 Å². The molecule has 0 saturated heterocycles. The lowest BCUT2D eigenvalue weighted by molar-refractivity contribution is -0.161. The van der Waals surface area contributed by atoms with Crippen molar-refractivity contribution in [2.75, 3.05) is 11.9 Å². The van der Waals surface area contributed by atoms with Crippen LogP contribution in [0.2, 0.25) is 10.0 Å². The highest BCUT2D eigenvalue weighted by Gasteiger charge is 2.32. The number of esters is 1. The van der Waals surface area contributed by atoms with E-state index in [0.29, 0.717) is 5.75 Å². The average Bonchev–Trinajstić information content (AvgIpc) is 2.58. The Balaban J connectivity index is 1.92. The molecule has 2 aromatic carbocycles. The Morgan fingerprint density at radius 3 is 2.23 bits per heavy atom. The second kappa shape index (κ2) is 8.38. The normalized spacial score (nSPS) is 11.0. The summed E-state index contributed by atoms with van der Waals surface area (Å²) in [5.41, 5.74) is -1.14. The van der Waals surface area contributed by atoms with Crippen molar-refractivity contribution in [3.8, 4) is 5.75 Å². The van der Waals surface area contributed by atoms with E-state index in [4.69, 9.17) is 32.7 Å². The summed E-state index contributed by atoms with van der Waals surface area (Å²) >= 11 is 11.9. The molecule has 0 aliphatic rings. The zero-order chi connectivity index (χ0) is 19.3. The van der Waals surface area contributed by atoms with Gasteiger partial charge in [0.2, 0.25) is 0 Å². The number of nitrogens with one attached hydrogen (secondary N) is 1. The van der Waals surface area contributed by atoms with E-state index < -0.39 is 29.9 Å². The van der Waals surface area contributed by atoms with Crippen molar-refractivity contribution in [3.63, 3.8) is 0 Å². The Morgan fingerprint density at radius 1 is 1.08 bits per heavy atom. The van der Waals surface area contributed by atoms with Crippen LogP contribution in [0.3, 0.4) is 0 Å². The maximum atomic E-state index is 12.9. The molecule has 0 heterocycles. The van der Waals surface area contributed by atoms with Crippen molar-refractivity contribution < 1.29 is 23.5 Å². The van der Waals surface area contributed by atoms with Crippen molar-refractivity contribution in [1.29, 1.82) is 0 Å². The summed E-state index contributed by atoms with van der Waals surface area (Å²) in [6.45, 7) is 2.40. The van der Waals surface area contributed by atoms with E-state index in [1.165, 1.54) is 38.1 Å². The molecule has 0 fully saturated rings. The third-order valence-electron chi connectivity index (χ3n) is 3.24. The minimum Gasteiger partial charge on any atom is -0.476 e. The fourth-order valence-electron chi connectivity index (χ4n) is 1.94. The summed E-state index contributed by atoms with van der Waals surface area (Å²) in [6, 6.07) is 9.95. The Kier molecular flexibility index (Phi) is 6.45. The fraction of sp³-hybridized carbons (Fsp3) is 0.222. The van der Waals surface area contributed by atoms with Crippen molar-refractivity contribution in [1.82, 2.24) is 0 Å². The Bertz CT molecular complexity index is 789. The predicted octanol–water partition coefficient (Wildman–Crippen LogP) is 4.47. The molecule has 0 bridgehead atoms. The van der Waals surface area contributed by atoms with Crippen LogP contribution in [0.15, 0.2) is 42.5 Å². The lowest BCUT2D eigenvalue weighted by atomic mass is 10.1. The van der Waals surface area contributed by atoms with Crippen LogP contribution >= 0.6 is 23.2 Å². The highest BCUT2D eigenvalue weighted by Crippen LogP contribution is 2.29. The molecule has 138 valence electrons. The van der Waals surface area contributed by atoms with Crippen molar-refractivity contribution in [3.05, 3.63) is 58.3 Å². The van der Waals surface area contributed by atoms with Gasteiger partial charge >= 0.3 is 5.97 Å². The number of ether oxygens (including phenoxy) is 2. The third-order valence-corrected chi connectivity index (χ3v) is 3.87. The highest BCUT2D eigenvalue weighted by atomic mass is 35.5. The summed E-state index contributed by atoms with van der Waals surface area (Å²) in [6.07, 6.45) is 0. The second-order valence-corrected chi connectivity index (χ2v) is 6.60. The number of amides is 1. The minimum atomic E-state index is -1.37. The van der Waals surface area contributed by atoms with Crippen LogP contribution < -0.4 is 10.1 Å². The predicted molar refractivity (Wildman–Crippen MR) is 97.2 cm³/mol. The van der Waals surface area contributed by atoms with Gasteiger partial charge in [0.05, 0.1) is 15.7 Å². The van der Waals surface area contributed by atoms with E-state index in [0.717, 1.165) is 0 Å². The maximum absolute atomic E-state index is 12.9. The minimum absolute atomic E-state index is 0.235. The van der Waals surface area contributed by atoms with Gasteiger partial charge in [0.1, 0.15) is 11.6 Å². The van der Waals surface area contributed by atoms with Gasteiger partial charge in [0.25, 0.3) is 5.91 Å². The first-order valence-electron chi connectivity index (χ1n) is 7.55. The van der Waals surface area contributed by atoms with Gasteiger partial charge < -0.3 is 14.8 Å². The Morgan fingerprint density at radius 2 is 1.65 bits per heavy atom.